The van der Waals surface area contributed by atoms with Crippen LogP contribution < -0.4 is 5.32 Å². The van der Waals surface area contributed by atoms with Gasteiger partial charge in [-0.3, -0.25) is 10.1 Å². The average molecular weight is 286 g/mol. The number of nitrogens with zero attached hydrogens (tertiary/aromatic N) is 1. The minimum Gasteiger partial charge on any atom is -0.380 e. The fourth-order valence-corrected chi connectivity index (χ4v) is 2.14. The van der Waals surface area contributed by atoms with Crippen LogP contribution in [0.4, 0.5) is 11.4 Å². The third-order valence-corrected chi connectivity index (χ3v) is 3.14. The van der Waals surface area contributed by atoms with Crippen molar-refractivity contribution in [2.24, 2.45) is 0 Å². The molecule has 110 valence electrons. The lowest BCUT2D eigenvalue weighted by atomic mass is 10.1. The van der Waals surface area contributed by atoms with Crippen molar-refractivity contribution >= 4 is 11.4 Å². The molecule has 5 nitrogen and oxygen atoms in total. The lowest BCUT2D eigenvalue weighted by molar-refractivity contribution is -0.384. The first kappa shape index (κ1) is 15.0. The Labute approximate surface area is 123 Å². The molecular formula is C16H18N2O3. The smallest absolute Gasteiger partial charge is 0.292 e. The number of nitro benzene ring substituents is 1. The quantitative estimate of drug-likeness (QED) is 0.650. The summed E-state index contributed by atoms with van der Waals surface area (Å²) in [5.41, 5.74) is 3.63. The van der Waals surface area contributed by atoms with E-state index in [1.165, 1.54) is 0 Å². The van der Waals surface area contributed by atoms with Gasteiger partial charge in [0.25, 0.3) is 5.69 Å². The molecule has 0 atom stereocenters. The number of benzene rings is 2. The number of nitro groups is 1. The minimum absolute atomic E-state index is 0.100. The molecule has 0 unspecified atom stereocenters. The molecule has 5 heteroatoms. The van der Waals surface area contributed by atoms with Gasteiger partial charge in [0.1, 0.15) is 5.69 Å². The summed E-state index contributed by atoms with van der Waals surface area (Å²) in [4.78, 5) is 10.7. The lowest BCUT2D eigenvalue weighted by Gasteiger charge is -2.09. The fourth-order valence-electron chi connectivity index (χ4n) is 2.14. The molecule has 0 aromatic heterocycles. The predicted molar refractivity (Wildman–Crippen MR) is 82.3 cm³/mol. The molecule has 0 bridgehead atoms. The monoisotopic (exact) mass is 286 g/mol. The first-order valence-electron chi connectivity index (χ1n) is 6.66. The van der Waals surface area contributed by atoms with Gasteiger partial charge in [-0.15, -0.1) is 0 Å². The summed E-state index contributed by atoms with van der Waals surface area (Å²) in [6.07, 6.45) is 0. The van der Waals surface area contributed by atoms with Gasteiger partial charge in [0, 0.05) is 19.7 Å². The Bertz CT molecular complexity index is 641. The Balaban J connectivity index is 2.13. The number of hydrogen-bond acceptors (Lipinski definition) is 4. The highest BCUT2D eigenvalue weighted by atomic mass is 16.6. The van der Waals surface area contributed by atoms with E-state index >= 15 is 0 Å². The van der Waals surface area contributed by atoms with Gasteiger partial charge in [0.05, 0.1) is 11.5 Å². The molecular weight excluding hydrogens is 268 g/mol. The zero-order valence-corrected chi connectivity index (χ0v) is 12.1. The van der Waals surface area contributed by atoms with Crippen LogP contribution in [0.1, 0.15) is 16.7 Å². The van der Waals surface area contributed by atoms with E-state index in [9.17, 15) is 10.1 Å². The maximum Gasteiger partial charge on any atom is 0.292 e. The SMILES string of the molecule is COCc1cccc(CNc2ccc(C)cc2[N+](=O)[O-])c1. The molecule has 0 aliphatic rings. The van der Waals surface area contributed by atoms with Gasteiger partial charge >= 0.3 is 0 Å². The Morgan fingerprint density at radius 1 is 1.19 bits per heavy atom. The van der Waals surface area contributed by atoms with Crippen LogP contribution in [0, 0.1) is 17.0 Å². The van der Waals surface area contributed by atoms with Crippen molar-refractivity contribution in [3.05, 3.63) is 69.3 Å². The highest BCUT2D eigenvalue weighted by molar-refractivity contribution is 5.62. The Morgan fingerprint density at radius 2 is 1.95 bits per heavy atom. The van der Waals surface area contributed by atoms with Crippen LogP contribution >= 0.6 is 0 Å². The summed E-state index contributed by atoms with van der Waals surface area (Å²) in [5, 5.41) is 14.2. The molecule has 2 aromatic rings. The van der Waals surface area contributed by atoms with Gasteiger partial charge in [-0.25, -0.2) is 0 Å². The van der Waals surface area contributed by atoms with E-state index in [-0.39, 0.29) is 10.6 Å². The van der Waals surface area contributed by atoms with E-state index in [1.807, 2.05) is 37.3 Å². The summed E-state index contributed by atoms with van der Waals surface area (Å²) in [6, 6.07) is 13.1. The number of nitrogens with one attached hydrogen (secondary N) is 1. The van der Waals surface area contributed by atoms with Crippen molar-refractivity contribution in [3.63, 3.8) is 0 Å². The van der Waals surface area contributed by atoms with Crippen LogP contribution in [0.5, 0.6) is 0 Å². The van der Waals surface area contributed by atoms with Gasteiger partial charge < -0.3 is 10.1 Å². The third kappa shape index (κ3) is 4.03. The first-order chi connectivity index (χ1) is 10.1. The molecule has 21 heavy (non-hydrogen) atoms. The second kappa shape index (κ2) is 6.85. The Hall–Kier alpha value is -2.40. The van der Waals surface area contributed by atoms with Crippen LogP contribution in [-0.2, 0) is 17.9 Å². The van der Waals surface area contributed by atoms with Gasteiger partial charge in [0.2, 0.25) is 0 Å². The van der Waals surface area contributed by atoms with Crippen molar-refractivity contribution < 1.29 is 9.66 Å². The van der Waals surface area contributed by atoms with E-state index in [4.69, 9.17) is 4.74 Å². The zero-order chi connectivity index (χ0) is 15.2. The molecule has 2 aromatic carbocycles. The van der Waals surface area contributed by atoms with E-state index in [2.05, 4.69) is 5.32 Å². The predicted octanol–water partition coefficient (Wildman–Crippen LogP) is 3.66. The highest BCUT2D eigenvalue weighted by Gasteiger charge is 2.13. The minimum atomic E-state index is -0.364. The molecule has 0 saturated heterocycles. The number of rotatable bonds is 6. The highest BCUT2D eigenvalue weighted by Crippen LogP contribution is 2.25. The maximum atomic E-state index is 11.1. The molecule has 2 rings (SSSR count). The van der Waals surface area contributed by atoms with Crippen molar-refractivity contribution in [2.75, 3.05) is 12.4 Å². The topological polar surface area (TPSA) is 64.4 Å². The normalized spacial score (nSPS) is 10.4. The number of anilines is 1. The van der Waals surface area contributed by atoms with Crippen LogP contribution in [0.15, 0.2) is 42.5 Å². The Morgan fingerprint density at radius 3 is 2.67 bits per heavy atom. The van der Waals surface area contributed by atoms with E-state index < -0.39 is 0 Å². The summed E-state index contributed by atoms with van der Waals surface area (Å²) in [7, 11) is 1.65. The summed E-state index contributed by atoms with van der Waals surface area (Å²) in [6.45, 7) is 2.92. The zero-order valence-electron chi connectivity index (χ0n) is 12.1. The molecule has 0 aliphatic carbocycles. The number of hydrogen-bond donors (Lipinski definition) is 1. The van der Waals surface area contributed by atoms with E-state index in [1.54, 1.807) is 19.2 Å². The molecule has 1 N–H and O–H groups in total. The van der Waals surface area contributed by atoms with E-state index in [0.29, 0.717) is 18.8 Å². The largest absolute Gasteiger partial charge is 0.380 e. The van der Waals surface area contributed by atoms with Crippen LogP contribution in [0.25, 0.3) is 0 Å². The Kier molecular flexibility index (Phi) is 4.90. The van der Waals surface area contributed by atoms with Gasteiger partial charge in [-0.05, 0) is 29.7 Å². The number of ether oxygens (including phenoxy) is 1. The second-order valence-electron chi connectivity index (χ2n) is 4.88. The molecule has 0 amide bonds. The average Bonchev–Trinajstić information content (AvgIpc) is 2.46. The van der Waals surface area contributed by atoms with E-state index in [0.717, 1.165) is 16.7 Å². The summed E-state index contributed by atoms with van der Waals surface area (Å²) < 4.78 is 5.10. The lowest BCUT2D eigenvalue weighted by Crippen LogP contribution is -2.03. The standard InChI is InChI=1S/C16H18N2O3/c1-12-6-7-15(16(8-12)18(19)20)17-10-13-4-3-5-14(9-13)11-21-2/h3-9,17H,10-11H2,1-2H3. The van der Waals surface area contributed by atoms with Crippen LogP contribution in [-0.4, -0.2) is 12.0 Å². The summed E-state index contributed by atoms with van der Waals surface area (Å²) in [5.74, 6) is 0. The molecule has 0 spiro atoms. The fraction of sp³-hybridized carbons (Fsp3) is 0.250. The second-order valence-corrected chi connectivity index (χ2v) is 4.88. The van der Waals surface area contributed by atoms with Crippen molar-refractivity contribution in [1.82, 2.24) is 0 Å². The van der Waals surface area contributed by atoms with Gasteiger partial charge in [-0.2, -0.15) is 0 Å². The van der Waals surface area contributed by atoms with Crippen molar-refractivity contribution in [3.8, 4) is 0 Å². The van der Waals surface area contributed by atoms with Gasteiger partial charge in [-0.1, -0.05) is 30.3 Å². The molecule has 0 saturated carbocycles. The number of methoxy groups -OCH3 is 1. The molecule has 0 heterocycles. The summed E-state index contributed by atoms with van der Waals surface area (Å²) >= 11 is 0. The molecule has 0 aliphatic heterocycles. The van der Waals surface area contributed by atoms with Gasteiger partial charge in [0.15, 0.2) is 0 Å². The molecule has 0 radical (unpaired) electrons. The van der Waals surface area contributed by atoms with Crippen molar-refractivity contribution in [2.45, 2.75) is 20.1 Å². The third-order valence-electron chi connectivity index (χ3n) is 3.14. The van der Waals surface area contributed by atoms with Crippen LogP contribution in [0.2, 0.25) is 0 Å². The van der Waals surface area contributed by atoms with Crippen LogP contribution in [0.3, 0.4) is 0 Å². The number of aryl methyl sites for hydroxylation is 1. The van der Waals surface area contributed by atoms with Crippen molar-refractivity contribution in [1.29, 1.82) is 0 Å². The maximum absolute atomic E-state index is 11.1. The molecule has 0 fully saturated rings. The first-order valence-corrected chi connectivity index (χ1v) is 6.66.